The summed E-state index contributed by atoms with van der Waals surface area (Å²) in [7, 11) is 0. The quantitative estimate of drug-likeness (QED) is 0.312. The predicted octanol–water partition coefficient (Wildman–Crippen LogP) is 4.34. The third-order valence-electron chi connectivity index (χ3n) is 4.83. The molecule has 0 fully saturated rings. The summed E-state index contributed by atoms with van der Waals surface area (Å²) >= 11 is 3.19. The fourth-order valence-electron chi connectivity index (χ4n) is 3.17. The largest absolute Gasteiger partial charge is 0.416 e. The number of halogens is 4. The number of carbonyl (C=O) groups excluding carboxylic acids is 3. The molecule has 1 aromatic heterocycles. The molecule has 1 unspecified atom stereocenters. The second-order valence-electron chi connectivity index (χ2n) is 7.24. The number of amides is 4. The van der Waals surface area contributed by atoms with Gasteiger partial charge in [0.15, 0.2) is 0 Å². The maximum absolute atomic E-state index is 13.4. The molecule has 1 atom stereocenters. The summed E-state index contributed by atoms with van der Waals surface area (Å²) in [6.07, 6.45) is -2.08. The molecule has 4 amide bonds. The van der Waals surface area contributed by atoms with E-state index in [-0.39, 0.29) is 17.7 Å². The van der Waals surface area contributed by atoms with Gasteiger partial charge < -0.3 is 5.32 Å². The molecule has 35 heavy (non-hydrogen) atoms. The van der Waals surface area contributed by atoms with Crippen LogP contribution in [0.25, 0.3) is 0 Å². The number of pyridine rings is 1. The van der Waals surface area contributed by atoms with Crippen molar-refractivity contribution in [2.45, 2.75) is 18.6 Å². The van der Waals surface area contributed by atoms with Gasteiger partial charge in [-0.15, -0.1) is 0 Å². The molecule has 0 aliphatic rings. The van der Waals surface area contributed by atoms with Crippen LogP contribution in [0.15, 0.2) is 77.5 Å². The highest BCUT2D eigenvalue weighted by Gasteiger charge is 2.33. The maximum atomic E-state index is 13.4. The molecular formula is C23H18BrF3N4O4. The van der Waals surface area contributed by atoms with Gasteiger partial charge in [-0.05, 0) is 51.8 Å². The number of nitrogens with one attached hydrogen (secondary N) is 2. The monoisotopic (exact) mass is 550 g/mol. The number of imide groups is 1. The Morgan fingerprint density at radius 2 is 1.69 bits per heavy atom. The second-order valence-corrected chi connectivity index (χ2v) is 8.16. The first-order valence-electron chi connectivity index (χ1n) is 10.0. The highest BCUT2D eigenvalue weighted by molar-refractivity contribution is 9.10. The Hall–Kier alpha value is -3.77. The van der Waals surface area contributed by atoms with E-state index in [1.165, 1.54) is 48.2 Å². The number of aromatic nitrogens is 1. The number of anilines is 1. The number of carbonyl (C=O) groups is 3. The molecule has 0 spiro atoms. The average molecular weight is 551 g/mol. The van der Waals surface area contributed by atoms with E-state index in [0.717, 1.165) is 12.1 Å². The highest BCUT2D eigenvalue weighted by Crippen LogP contribution is 2.29. The van der Waals surface area contributed by atoms with Gasteiger partial charge in [0.1, 0.15) is 6.04 Å². The van der Waals surface area contributed by atoms with Gasteiger partial charge >= 0.3 is 12.2 Å². The maximum Gasteiger partial charge on any atom is 0.416 e. The van der Waals surface area contributed by atoms with Crippen LogP contribution in [0, 0.1) is 0 Å². The Bertz CT molecular complexity index is 1210. The molecular weight excluding hydrogens is 533 g/mol. The van der Waals surface area contributed by atoms with Crippen molar-refractivity contribution in [3.8, 4) is 0 Å². The normalized spacial score (nSPS) is 11.9. The van der Waals surface area contributed by atoms with Gasteiger partial charge in [0, 0.05) is 23.3 Å². The minimum absolute atomic E-state index is 0.0971. The Balaban J connectivity index is 1.96. The molecule has 3 N–H and O–H groups in total. The van der Waals surface area contributed by atoms with E-state index in [9.17, 15) is 32.8 Å². The van der Waals surface area contributed by atoms with Crippen LogP contribution in [-0.2, 0) is 17.4 Å². The lowest BCUT2D eigenvalue weighted by Crippen LogP contribution is -2.54. The van der Waals surface area contributed by atoms with Crippen molar-refractivity contribution in [2.24, 2.45) is 0 Å². The Kier molecular flexibility index (Phi) is 8.20. The van der Waals surface area contributed by atoms with Gasteiger partial charge in [0.05, 0.1) is 16.8 Å². The van der Waals surface area contributed by atoms with Crippen molar-refractivity contribution in [2.75, 3.05) is 4.90 Å². The summed E-state index contributed by atoms with van der Waals surface area (Å²) in [6, 6.07) is 10.6. The molecule has 12 heteroatoms. The summed E-state index contributed by atoms with van der Waals surface area (Å²) in [4.78, 5) is 43.2. The van der Waals surface area contributed by atoms with E-state index in [1.807, 2.05) is 0 Å². The van der Waals surface area contributed by atoms with Gasteiger partial charge in [-0.25, -0.2) is 15.2 Å². The highest BCUT2D eigenvalue weighted by atomic mass is 79.9. The van der Waals surface area contributed by atoms with E-state index in [4.69, 9.17) is 0 Å². The van der Waals surface area contributed by atoms with Crippen molar-refractivity contribution in [1.29, 1.82) is 0 Å². The fraction of sp³-hybridized carbons (Fsp3) is 0.130. The average Bonchev–Trinajstić information content (AvgIpc) is 2.84. The molecule has 0 saturated carbocycles. The lowest BCUT2D eigenvalue weighted by molar-refractivity contribution is -0.137. The predicted molar refractivity (Wildman–Crippen MR) is 123 cm³/mol. The van der Waals surface area contributed by atoms with E-state index in [2.05, 4.69) is 26.2 Å². The third-order valence-corrected chi connectivity index (χ3v) is 5.26. The standard InChI is InChI=1S/C23H18BrF3N4O4/c24-17-11-15(12-28-13-17)20(32)29-19(10-14-6-8-16(9-7-14)23(25,26)27)21(33)31(22(34)30-35)18-4-2-1-3-5-18/h1-9,11-13,19,35H,10H2,(H,29,32)(H,30,34). The number of hydrogen-bond donors (Lipinski definition) is 3. The minimum Gasteiger partial charge on any atom is -0.340 e. The number of nitrogens with zero attached hydrogens (tertiary/aromatic N) is 2. The third kappa shape index (κ3) is 6.64. The van der Waals surface area contributed by atoms with Gasteiger partial charge in [-0.3, -0.25) is 19.8 Å². The summed E-state index contributed by atoms with van der Waals surface area (Å²) in [5, 5.41) is 11.7. The number of hydrogen-bond acceptors (Lipinski definition) is 5. The summed E-state index contributed by atoms with van der Waals surface area (Å²) in [5.74, 6) is -1.64. The number of hydroxylamine groups is 1. The number of para-hydroxylation sites is 1. The molecule has 3 aromatic rings. The van der Waals surface area contributed by atoms with Crippen LogP contribution < -0.4 is 15.7 Å². The molecule has 2 aromatic carbocycles. The first-order chi connectivity index (χ1) is 16.6. The molecule has 0 radical (unpaired) electrons. The minimum atomic E-state index is -4.54. The fourth-order valence-corrected chi connectivity index (χ4v) is 3.54. The Morgan fingerprint density at radius 1 is 1.03 bits per heavy atom. The van der Waals surface area contributed by atoms with Crippen molar-refractivity contribution in [3.05, 3.63) is 94.2 Å². The van der Waals surface area contributed by atoms with Gasteiger partial charge in [-0.2, -0.15) is 13.2 Å². The van der Waals surface area contributed by atoms with Crippen molar-refractivity contribution < 1.29 is 32.8 Å². The molecule has 0 bridgehead atoms. The molecule has 8 nitrogen and oxygen atoms in total. The van der Waals surface area contributed by atoms with Crippen LogP contribution >= 0.6 is 15.9 Å². The zero-order valence-electron chi connectivity index (χ0n) is 17.8. The first-order valence-corrected chi connectivity index (χ1v) is 10.8. The van der Waals surface area contributed by atoms with Gasteiger partial charge in [-0.1, -0.05) is 30.3 Å². The van der Waals surface area contributed by atoms with E-state index in [0.29, 0.717) is 14.9 Å². The van der Waals surface area contributed by atoms with E-state index >= 15 is 0 Å². The zero-order valence-corrected chi connectivity index (χ0v) is 19.4. The molecule has 3 rings (SSSR count). The van der Waals surface area contributed by atoms with Crippen molar-refractivity contribution >= 4 is 39.5 Å². The number of urea groups is 1. The Morgan fingerprint density at radius 3 is 2.26 bits per heavy atom. The Labute approximate surface area is 205 Å². The molecule has 0 saturated heterocycles. The summed E-state index contributed by atoms with van der Waals surface area (Å²) < 4.78 is 39.3. The number of rotatable bonds is 6. The lowest BCUT2D eigenvalue weighted by atomic mass is 10.0. The van der Waals surface area contributed by atoms with Crippen LogP contribution in [0.5, 0.6) is 0 Å². The molecule has 182 valence electrons. The SMILES string of the molecule is O=C(NC(Cc1ccc(C(F)(F)F)cc1)C(=O)N(C(=O)NO)c1ccccc1)c1cncc(Br)c1. The van der Waals surface area contributed by atoms with Gasteiger partial charge in [0.2, 0.25) is 0 Å². The summed E-state index contributed by atoms with van der Waals surface area (Å²) in [6.45, 7) is 0. The van der Waals surface area contributed by atoms with Gasteiger partial charge in [0.25, 0.3) is 11.8 Å². The van der Waals surface area contributed by atoms with Crippen LogP contribution in [-0.4, -0.2) is 34.1 Å². The van der Waals surface area contributed by atoms with Crippen LogP contribution in [0.2, 0.25) is 0 Å². The molecule has 1 heterocycles. The molecule has 0 aliphatic carbocycles. The van der Waals surface area contributed by atoms with Crippen molar-refractivity contribution in [1.82, 2.24) is 15.8 Å². The lowest BCUT2D eigenvalue weighted by Gasteiger charge is -2.26. The topological polar surface area (TPSA) is 112 Å². The van der Waals surface area contributed by atoms with E-state index in [1.54, 1.807) is 18.2 Å². The number of alkyl halides is 3. The number of benzene rings is 2. The van der Waals surface area contributed by atoms with E-state index < -0.39 is 35.6 Å². The zero-order chi connectivity index (χ0) is 25.6. The van der Waals surface area contributed by atoms with Crippen LogP contribution in [0.4, 0.5) is 23.7 Å². The first kappa shape index (κ1) is 25.8. The van der Waals surface area contributed by atoms with Crippen LogP contribution in [0.1, 0.15) is 21.5 Å². The van der Waals surface area contributed by atoms with Crippen molar-refractivity contribution in [3.63, 3.8) is 0 Å². The smallest absolute Gasteiger partial charge is 0.340 e. The van der Waals surface area contributed by atoms with Crippen LogP contribution in [0.3, 0.4) is 0 Å². The summed E-state index contributed by atoms with van der Waals surface area (Å²) in [5.41, 5.74) is 1.01. The molecule has 0 aliphatic heterocycles. The second kappa shape index (κ2) is 11.1.